The molecule has 0 spiro atoms. The van der Waals surface area contributed by atoms with Gasteiger partial charge in [0.2, 0.25) is 5.88 Å². The lowest BCUT2D eigenvalue weighted by atomic mass is 10.2. The normalized spacial score (nSPS) is 10.6. The van der Waals surface area contributed by atoms with Crippen LogP contribution in [0.1, 0.15) is 20.7 Å². The molecule has 31 heavy (non-hydrogen) atoms. The van der Waals surface area contributed by atoms with E-state index < -0.39 is 17.4 Å². The van der Waals surface area contributed by atoms with Crippen molar-refractivity contribution in [3.63, 3.8) is 0 Å². The number of rotatable bonds is 4. The van der Waals surface area contributed by atoms with Crippen molar-refractivity contribution >= 4 is 35.1 Å². The number of nitrogens with zero attached hydrogens (tertiary/aromatic N) is 2. The monoisotopic (exact) mass is 452 g/mol. The van der Waals surface area contributed by atoms with Crippen LogP contribution >= 0.6 is 23.2 Å². The number of carbonyl (C=O) groups excluding carboxylic acids is 2. The number of benzene rings is 3. The molecule has 0 amide bonds. The van der Waals surface area contributed by atoms with E-state index in [0.29, 0.717) is 15.7 Å². The molecule has 4 aromatic rings. The fraction of sp³-hybridized carbons (Fsp3) is 0. The van der Waals surface area contributed by atoms with Gasteiger partial charge >= 0.3 is 5.97 Å². The molecule has 1 aromatic heterocycles. The second kappa shape index (κ2) is 8.63. The van der Waals surface area contributed by atoms with Crippen molar-refractivity contribution in [1.82, 2.24) is 9.36 Å². The Morgan fingerprint density at radius 3 is 1.87 bits per heavy atom. The van der Waals surface area contributed by atoms with Crippen molar-refractivity contribution in [2.45, 2.75) is 0 Å². The van der Waals surface area contributed by atoms with Gasteiger partial charge in [0.25, 0.3) is 11.5 Å². The van der Waals surface area contributed by atoms with Crippen LogP contribution in [-0.4, -0.2) is 21.2 Å². The minimum atomic E-state index is -0.697. The summed E-state index contributed by atoms with van der Waals surface area (Å²) in [6.07, 6.45) is 0. The number of ether oxygens (including phenoxy) is 1. The standard InChI is InChI=1S/C23H14Cl2N2O4/c24-17-10-6-15(7-11-17)22(29)27-20(28)14-21(26(27)19-4-2-1-3-5-19)31-23(30)16-8-12-18(25)13-9-16/h1-14H. The highest BCUT2D eigenvalue weighted by Crippen LogP contribution is 2.20. The first-order valence-electron chi connectivity index (χ1n) is 9.12. The van der Waals surface area contributed by atoms with Crippen molar-refractivity contribution in [3.05, 3.63) is 116 Å². The Morgan fingerprint density at radius 2 is 1.29 bits per heavy atom. The van der Waals surface area contributed by atoms with Crippen LogP contribution in [0.2, 0.25) is 10.0 Å². The number of hydrogen-bond acceptors (Lipinski definition) is 4. The largest absolute Gasteiger partial charge is 0.404 e. The minimum Gasteiger partial charge on any atom is -0.404 e. The molecule has 0 fully saturated rings. The van der Waals surface area contributed by atoms with Crippen LogP contribution in [0.3, 0.4) is 0 Å². The van der Waals surface area contributed by atoms with E-state index in [9.17, 15) is 14.4 Å². The van der Waals surface area contributed by atoms with Crippen molar-refractivity contribution in [2.24, 2.45) is 0 Å². The second-order valence-electron chi connectivity index (χ2n) is 6.49. The van der Waals surface area contributed by atoms with Crippen molar-refractivity contribution in [3.8, 4) is 11.6 Å². The highest BCUT2D eigenvalue weighted by atomic mass is 35.5. The molecule has 0 saturated heterocycles. The fourth-order valence-electron chi connectivity index (χ4n) is 2.96. The van der Waals surface area contributed by atoms with Gasteiger partial charge in [-0.3, -0.25) is 9.59 Å². The van der Waals surface area contributed by atoms with Crippen molar-refractivity contribution in [1.29, 1.82) is 0 Å². The molecular weight excluding hydrogens is 439 g/mol. The molecule has 1 heterocycles. The third-order valence-electron chi connectivity index (χ3n) is 4.43. The molecule has 154 valence electrons. The van der Waals surface area contributed by atoms with Gasteiger partial charge in [-0.15, -0.1) is 0 Å². The van der Waals surface area contributed by atoms with Gasteiger partial charge in [-0.1, -0.05) is 41.4 Å². The summed E-state index contributed by atoms with van der Waals surface area (Å²) in [5.41, 5.74) is 0.305. The average molecular weight is 453 g/mol. The number of halogens is 2. The zero-order valence-corrected chi connectivity index (χ0v) is 17.4. The van der Waals surface area contributed by atoms with E-state index in [-0.39, 0.29) is 17.0 Å². The van der Waals surface area contributed by atoms with Gasteiger partial charge in [0.05, 0.1) is 17.3 Å². The first-order chi connectivity index (χ1) is 14.9. The quantitative estimate of drug-likeness (QED) is 0.414. The van der Waals surface area contributed by atoms with Crippen LogP contribution in [0.5, 0.6) is 5.88 Å². The van der Waals surface area contributed by atoms with Crippen molar-refractivity contribution in [2.75, 3.05) is 0 Å². The van der Waals surface area contributed by atoms with E-state index in [4.69, 9.17) is 27.9 Å². The maximum Gasteiger partial charge on any atom is 0.344 e. The Bertz CT molecular complexity index is 1310. The molecule has 0 aliphatic heterocycles. The van der Waals surface area contributed by atoms with E-state index in [1.807, 2.05) is 0 Å². The zero-order valence-electron chi connectivity index (χ0n) is 15.9. The van der Waals surface area contributed by atoms with Crippen LogP contribution in [-0.2, 0) is 0 Å². The van der Waals surface area contributed by atoms with Crippen LogP contribution in [0, 0.1) is 0 Å². The lowest BCUT2D eigenvalue weighted by molar-refractivity contribution is 0.0716. The Balaban J connectivity index is 1.81. The molecular formula is C23H14Cl2N2O4. The summed E-state index contributed by atoms with van der Waals surface area (Å²) < 4.78 is 7.64. The van der Waals surface area contributed by atoms with Gasteiger partial charge in [0, 0.05) is 15.6 Å². The molecule has 0 atom stereocenters. The van der Waals surface area contributed by atoms with Gasteiger partial charge in [-0.2, -0.15) is 4.68 Å². The number of carbonyl (C=O) groups is 2. The zero-order chi connectivity index (χ0) is 22.0. The van der Waals surface area contributed by atoms with Crippen LogP contribution in [0.15, 0.2) is 89.7 Å². The first kappa shape index (κ1) is 20.7. The number of aromatic nitrogens is 2. The summed E-state index contributed by atoms with van der Waals surface area (Å²) in [5.74, 6) is -1.39. The average Bonchev–Trinajstić information content (AvgIpc) is 3.10. The topological polar surface area (TPSA) is 70.3 Å². The van der Waals surface area contributed by atoms with Gasteiger partial charge < -0.3 is 4.74 Å². The first-order valence-corrected chi connectivity index (χ1v) is 9.88. The lowest BCUT2D eigenvalue weighted by Gasteiger charge is -2.14. The van der Waals surface area contributed by atoms with E-state index in [0.717, 1.165) is 10.7 Å². The molecule has 6 nitrogen and oxygen atoms in total. The van der Waals surface area contributed by atoms with Crippen LogP contribution in [0.4, 0.5) is 0 Å². The molecule has 0 aliphatic rings. The molecule has 0 bridgehead atoms. The predicted octanol–water partition coefficient (Wildman–Crippen LogP) is 4.85. The molecule has 3 aromatic carbocycles. The molecule has 8 heteroatoms. The van der Waals surface area contributed by atoms with Gasteiger partial charge in [0.15, 0.2) is 0 Å². The number of hydrogen-bond donors (Lipinski definition) is 0. The molecule has 4 rings (SSSR count). The Morgan fingerprint density at radius 1 is 0.742 bits per heavy atom. The summed E-state index contributed by atoms with van der Waals surface area (Å²) in [4.78, 5) is 38.5. The number of para-hydroxylation sites is 1. The van der Waals surface area contributed by atoms with E-state index in [1.54, 1.807) is 54.6 Å². The maximum atomic E-state index is 13.1. The van der Waals surface area contributed by atoms with Crippen LogP contribution in [0.25, 0.3) is 5.69 Å². The lowest BCUT2D eigenvalue weighted by Crippen LogP contribution is -2.29. The summed E-state index contributed by atoms with van der Waals surface area (Å²) in [6.45, 7) is 0. The summed E-state index contributed by atoms with van der Waals surface area (Å²) in [5, 5.41) is 0.928. The molecule has 0 radical (unpaired) electrons. The third kappa shape index (κ3) is 4.30. The summed E-state index contributed by atoms with van der Waals surface area (Å²) >= 11 is 11.8. The Labute approximate surface area is 186 Å². The summed E-state index contributed by atoms with van der Waals surface area (Å²) in [6, 6.07) is 22.0. The van der Waals surface area contributed by atoms with Gasteiger partial charge in [0.1, 0.15) is 0 Å². The van der Waals surface area contributed by atoms with Gasteiger partial charge in [-0.25, -0.2) is 9.48 Å². The Kier molecular flexibility index (Phi) is 5.75. The number of esters is 1. The summed E-state index contributed by atoms with van der Waals surface area (Å²) in [7, 11) is 0. The predicted molar refractivity (Wildman–Crippen MR) is 118 cm³/mol. The smallest absolute Gasteiger partial charge is 0.344 e. The maximum absolute atomic E-state index is 13.1. The van der Waals surface area contributed by atoms with Crippen molar-refractivity contribution < 1.29 is 14.3 Å². The van der Waals surface area contributed by atoms with Gasteiger partial charge in [-0.05, 0) is 60.7 Å². The minimum absolute atomic E-state index is 0.0986. The highest BCUT2D eigenvalue weighted by molar-refractivity contribution is 6.31. The second-order valence-corrected chi connectivity index (χ2v) is 7.36. The SMILES string of the molecule is O=C(Oc1cc(=O)n(C(=O)c2ccc(Cl)cc2)n1-c1ccccc1)c1ccc(Cl)cc1. The van der Waals surface area contributed by atoms with Crippen LogP contribution < -0.4 is 10.3 Å². The van der Waals surface area contributed by atoms with E-state index in [1.165, 1.54) is 28.9 Å². The molecule has 0 saturated carbocycles. The van der Waals surface area contributed by atoms with E-state index >= 15 is 0 Å². The molecule has 0 aliphatic carbocycles. The molecule has 0 N–H and O–H groups in total. The fourth-order valence-corrected chi connectivity index (χ4v) is 3.21. The third-order valence-corrected chi connectivity index (χ3v) is 4.93. The highest BCUT2D eigenvalue weighted by Gasteiger charge is 2.23. The molecule has 0 unspecified atom stereocenters. The van der Waals surface area contributed by atoms with E-state index in [2.05, 4.69) is 0 Å². The Hall–Kier alpha value is -3.61.